The fourth-order valence-electron chi connectivity index (χ4n) is 2.80. The molecule has 0 aromatic carbocycles. The van der Waals surface area contributed by atoms with Gasteiger partial charge in [0.15, 0.2) is 0 Å². The molecule has 0 saturated carbocycles. The lowest BCUT2D eigenvalue weighted by atomic mass is 10.0. The number of hydrogen-bond donors (Lipinski definition) is 1. The number of carbonyl (C=O) groups excluding carboxylic acids is 1. The van der Waals surface area contributed by atoms with Crippen molar-refractivity contribution in [1.29, 1.82) is 0 Å². The molecule has 2 aliphatic rings. The Morgan fingerprint density at radius 2 is 2.33 bits per heavy atom. The quantitative estimate of drug-likeness (QED) is 0.709. The zero-order chi connectivity index (χ0) is 10.7. The van der Waals surface area contributed by atoms with Gasteiger partial charge in [0, 0.05) is 25.0 Å². The van der Waals surface area contributed by atoms with Crippen molar-refractivity contribution in [3.63, 3.8) is 0 Å². The van der Waals surface area contributed by atoms with Crippen molar-refractivity contribution in [2.45, 2.75) is 44.2 Å². The number of amides is 1. The Balaban J connectivity index is 1.97. The van der Waals surface area contributed by atoms with Gasteiger partial charge in [0.05, 0.1) is 0 Å². The number of hydrogen-bond acceptors (Lipinski definition) is 2. The van der Waals surface area contributed by atoms with E-state index < -0.39 is 0 Å². The van der Waals surface area contributed by atoms with E-state index in [4.69, 9.17) is 0 Å². The maximum Gasteiger partial charge on any atom is 0.226 e. The van der Waals surface area contributed by atoms with Crippen LogP contribution in [-0.2, 0) is 4.79 Å². The molecule has 2 rings (SSSR count). The summed E-state index contributed by atoms with van der Waals surface area (Å²) in [6.07, 6.45) is 7.00. The van der Waals surface area contributed by atoms with Crippen LogP contribution in [0.1, 0.15) is 32.1 Å². The molecule has 0 radical (unpaired) electrons. The molecule has 1 amide bonds. The Kier molecular flexibility index (Phi) is 3.41. The molecule has 3 nitrogen and oxygen atoms in total. The summed E-state index contributed by atoms with van der Waals surface area (Å²) in [7, 11) is 0. The van der Waals surface area contributed by atoms with Crippen molar-refractivity contribution in [2.24, 2.45) is 0 Å². The largest absolute Gasteiger partial charge is 0.338 e. The first kappa shape index (κ1) is 10.7. The van der Waals surface area contributed by atoms with Crippen LogP contribution in [-0.4, -0.2) is 36.0 Å². The third kappa shape index (κ3) is 2.23. The van der Waals surface area contributed by atoms with Gasteiger partial charge < -0.3 is 10.2 Å². The predicted octanol–water partition coefficient (Wildman–Crippen LogP) is 1.31. The lowest BCUT2D eigenvalue weighted by Crippen LogP contribution is -2.46. The molecule has 0 bridgehead atoms. The molecular formula is C12H20N2O. The van der Waals surface area contributed by atoms with Crippen molar-refractivity contribution in [3.05, 3.63) is 12.7 Å². The summed E-state index contributed by atoms with van der Waals surface area (Å²) in [5, 5.41) is 3.51. The first-order valence-corrected chi connectivity index (χ1v) is 5.96. The zero-order valence-corrected chi connectivity index (χ0v) is 9.24. The molecule has 0 aliphatic carbocycles. The van der Waals surface area contributed by atoms with E-state index in [2.05, 4.69) is 16.8 Å². The first-order valence-electron chi connectivity index (χ1n) is 5.96. The van der Waals surface area contributed by atoms with E-state index in [0.717, 1.165) is 19.5 Å². The Labute approximate surface area is 91.5 Å². The minimum absolute atomic E-state index is 0.251. The van der Waals surface area contributed by atoms with E-state index in [1.807, 2.05) is 0 Å². The van der Waals surface area contributed by atoms with E-state index in [0.29, 0.717) is 18.5 Å². The van der Waals surface area contributed by atoms with Gasteiger partial charge in [0.2, 0.25) is 5.91 Å². The van der Waals surface area contributed by atoms with Crippen LogP contribution in [0.4, 0.5) is 0 Å². The third-order valence-corrected chi connectivity index (χ3v) is 3.50. The van der Waals surface area contributed by atoms with Gasteiger partial charge in [-0.1, -0.05) is 6.08 Å². The van der Waals surface area contributed by atoms with E-state index in [1.165, 1.54) is 19.3 Å². The minimum atomic E-state index is 0.251. The highest BCUT2D eigenvalue weighted by atomic mass is 16.2. The molecule has 3 heteroatoms. The Bertz CT molecular complexity index is 246. The standard InChI is InChI=1S/C12H20N2O/c1-2-5-12(15)14-9-4-7-11(14)10-6-3-8-13-10/h2,10-11,13H,1,3-9H2. The molecule has 2 unspecified atom stereocenters. The predicted molar refractivity (Wildman–Crippen MR) is 60.6 cm³/mol. The molecule has 0 aromatic rings. The molecule has 2 heterocycles. The fraction of sp³-hybridized carbons (Fsp3) is 0.750. The minimum Gasteiger partial charge on any atom is -0.338 e. The molecule has 0 aromatic heterocycles. The first-order chi connectivity index (χ1) is 7.33. The van der Waals surface area contributed by atoms with E-state index in [-0.39, 0.29) is 5.91 Å². The molecule has 2 atom stereocenters. The smallest absolute Gasteiger partial charge is 0.226 e. The van der Waals surface area contributed by atoms with Gasteiger partial charge in [0.25, 0.3) is 0 Å². The van der Waals surface area contributed by atoms with Crippen LogP contribution < -0.4 is 5.32 Å². The number of carbonyl (C=O) groups is 1. The Morgan fingerprint density at radius 1 is 1.47 bits per heavy atom. The van der Waals surface area contributed by atoms with Crippen molar-refractivity contribution in [2.75, 3.05) is 13.1 Å². The molecule has 2 fully saturated rings. The SMILES string of the molecule is C=CCC(=O)N1CCCC1C1CCCN1. The molecule has 1 N–H and O–H groups in total. The van der Waals surface area contributed by atoms with Gasteiger partial charge in [-0.25, -0.2) is 0 Å². The lowest BCUT2D eigenvalue weighted by molar-refractivity contribution is -0.131. The van der Waals surface area contributed by atoms with E-state index in [9.17, 15) is 4.79 Å². The normalized spacial score (nSPS) is 30.8. The maximum absolute atomic E-state index is 11.8. The second kappa shape index (κ2) is 4.79. The van der Waals surface area contributed by atoms with Crippen LogP contribution >= 0.6 is 0 Å². The fourth-order valence-corrected chi connectivity index (χ4v) is 2.80. The summed E-state index contributed by atoms with van der Waals surface area (Å²) in [5.74, 6) is 0.251. The van der Waals surface area contributed by atoms with Gasteiger partial charge in [-0.3, -0.25) is 4.79 Å². The van der Waals surface area contributed by atoms with E-state index in [1.54, 1.807) is 6.08 Å². The average Bonchev–Trinajstić information content (AvgIpc) is 2.88. The summed E-state index contributed by atoms with van der Waals surface area (Å²) >= 11 is 0. The second-order valence-electron chi connectivity index (χ2n) is 4.49. The number of nitrogens with one attached hydrogen (secondary N) is 1. The van der Waals surface area contributed by atoms with Crippen LogP contribution in [0.25, 0.3) is 0 Å². The molecule has 15 heavy (non-hydrogen) atoms. The molecule has 0 spiro atoms. The monoisotopic (exact) mass is 208 g/mol. The number of rotatable bonds is 3. The van der Waals surface area contributed by atoms with Crippen molar-refractivity contribution >= 4 is 5.91 Å². The topological polar surface area (TPSA) is 32.3 Å². The average molecular weight is 208 g/mol. The van der Waals surface area contributed by atoms with Crippen molar-refractivity contribution in [1.82, 2.24) is 10.2 Å². The molecular weight excluding hydrogens is 188 g/mol. The number of nitrogens with zero attached hydrogens (tertiary/aromatic N) is 1. The van der Waals surface area contributed by atoms with Gasteiger partial charge in [-0.05, 0) is 32.2 Å². The summed E-state index contributed by atoms with van der Waals surface area (Å²) in [6, 6.07) is 0.987. The third-order valence-electron chi connectivity index (χ3n) is 3.50. The van der Waals surface area contributed by atoms with Gasteiger partial charge in [-0.15, -0.1) is 6.58 Å². The lowest BCUT2D eigenvalue weighted by Gasteiger charge is -2.29. The van der Waals surface area contributed by atoms with Crippen LogP contribution in [0.15, 0.2) is 12.7 Å². The highest BCUT2D eigenvalue weighted by Gasteiger charge is 2.35. The summed E-state index contributed by atoms with van der Waals surface area (Å²) < 4.78 is 0. The summed E-state index contributed by atoms with van der Waals surface area (Å²) in [5.41, 5.74) is 0. The van der Waals surface area contributed by atoms with Crippen molar-refractivity contribution in [3.8, 4) is 0 Å². The molecule has 2 aliphatic heterocycles. The summed E-state index contributed by atoms with van der Waals surface area (Å²) in [4.78, 5) is 13.9. The van der Waals surface area contributed by atoms with Crippen LogP contribution in [0.2, 0.25) is 0 Å². The van der Waals surface area contributed by atoms with Gasteiger partial charge >= 0.3 is 0 Å². The molecule has 2 saturated heterocycles. The van der Waals surface area contributed by atoms with Crippen LogP contribution in [0, 0.1) is 0 Å². The zero-order valence-electron chi connectivity index (χ0n) is 9.24. The Morgan fingerprint density at radius 3 is 3.00 bits per heavy atom. The molecule has 84 valence electrons. The maximum atomic E-state index is 11.8. The van der Waals surface area contributed by atoms with Crippen molar-refractivity contribution < 1.29 is 4.79 Å². The van der Waals surface area contributed by atoms with Gasteiger partial charge in [0.1, 0.15) is 0 Å². The highest BCUT2D eigenvalue weighted by Crippen LogP contribution is 2.25. The number of likely N-dealkylation sites (tertiary alicyclic amines) is 1. The highest BCUT2D eigenvalue weighted by molar-refractivity contribution is 5.78. The van der Waals surface area contributed by atoms with Gasteiger partial charge in [-0.2, -0.15) is 0 Å². The van der Waals surface area contributed by atoms with Crippen LogP contribution in [0.3, 0.4) is 0 Å². The van der Waals surface area contributed by atoms with Crippen LogP contribution in [0.5, 0.6) is 0 Å². The second-order valence-corrected chi connectivity index (χ2v) is 4.49. The van der Waals surface area contributed by atoms with E-state index >= 15 is 0 Å². The Hall–Kier alpha value is -0.830. The summed E-state index contributed by atoms with van der Waals surface area (Å²) in [6.45, 7) is 5.69.